The fourth-order valence-electron chi connectivity index (χ4n) is 5.49. The van der Waals surface area contributed by atoms with Crippen LogP contribution < -0.4 is 0 Å². The van der Waals surface area contributed by atoms with Crippen LogP contribution in [0, 0.1) is 0 Å². The van der Waals surface area contributed by atoms with E-state index in [9.17, 15) is 0 Å². The Hall–Kier alpha value is -4.13. The summed E-state index contributed by atoms with van der Waals surface area (Å²) in [4.78, 5) is 0. The van der Waals surface area contributed by atoms with Gasteiger partial charge in [0.2, 0.25) is 0 Å². The molecule has 0 heterocycles. The molecule has 7 aromatic carbocycles. The normalized spacial score (nSPS) is 11.6. The molecule has 0 bridgehead atoms. The summed E-state index contributed by atoms with van der Waals surface area (Å²) >= 11 is 6.19. The third-order valence-corrected chi connectivity index (χ3v) is 7.36. The average molecular weight is 465 g/mol. The first-order valence-electron chi connectivity index (χ1n) is 11.9. The van der Waals surface area contributed by atoms with Crippen LogP contribution in [-0.2, 0) is 0 Å². The van der Waals surface area contributed by atoms with E-state index in [1.807, 2.05) is 12.1 Å². The molecule has 0 aliphatic rings. The zero-order valence-corrected chi connectivity index (χ0v) is 19.8. The Bertz CT molecular complexity index is 1760. The lowest BCUT2D eigenvalue weighted by atomic mass is 9.84. The lowest BCUT2D eigenvalue weighted by molar-refractivity contribution is 1.63. The Morgan fingerprint density at radius 2 is 0.857 bits per heavy atom. The van der Waals surface area contributed by atoms with Gasteiger partial charge in [0.1, 0.15) is 0 Å². The van der Waals surface area contributed by atoms with Crippen molar-refractivity contribution in [1.82, 2.24) is 0 Å². The Kier molecular flexibility index (Phi) is 4.62. The van der Waals surface area contributed by atoms with Gasteiger partial charge >= 0.3 is 0 Å². The highest BCUT2D eigenvalue weighted by Gasteiger charge is 2.18. The van der Waals surface area contributed by atoms with Crippen molar-refractivity contribution in [3.8, 4) is 33.4 Å². The lowest BCUT2D eigenvalue weighted by Gasteiger charge is -2.19. The first-order valence-corrected chi connectivity index (χ1v) is 12.3. The van der Waals surface area contributed by atoms with Crippen molar-refractivity contribution < 1.29 is 0 Å². The molecule has 0 saturated heterocycles. The fraction of sp³-hybridized carbons (Fsp3) is 0. The smallest absolute Gasteiger partial charge is 0.0406 e. The van der Waals surface area contributed by atoms with Crippen LogP contribution in [0.2, 0.25) is 5.02 Å². The second-order valence-electron chi connectivity index (χ2n) is 9.07. The van der Waals surface area contributed by atoms with Gasteiger partial charge in [-0.15, -0.1) is 0 Å². The van der Waals surface area contributed by atoms with Crippen molar-refractivity contribution in [3.05, 3.63) is 132 Å². The summed E-state index contributed by atoms with van der Waals surface area (Å²) in [5.74, 6) is 0. The molecule has 0 spiro atoms. The quantitative estimate of drug-likeness (QED) is 0.228. The van der Waals surface area contributed by atoms with Gasteiger partial charge in [-0.2, -0.15) is 0 Å². The van der Waals surface area contributed by atoms with E-state index >= 15 is 0 Å². The number of hydrogen-bond donors (Lipinski definition) is 0. The van der Waals surface area contributed by atoms with E-state index in [0.29, 0.717) is 0 Å². The molecule has 0 atom stereocenters. The van der Waals surface area contributed by atoms with E-state index in [1.54, 1.807) is 0 Å². The van der Waals surface area contributed by atoms with Gasteiger partial charge in [0.15, 0.2) is 0 Å². The number of rotatable bonds is 3. The van der Waals surface area contributed by atoms with E-state index in [0.717, 1.165) is 5.02 Å². The van der Waals surface area contributed by atoms with Gasteiger partial charge in [-0.05, 0) is 83.9 Å². The van der Waals surface area contributed by atoms with Crippen LogP contribution in [0.3, 0.4) is 0 Å². The SMILES string of the molecule is Clc1ccc(-c2ccc3ccc4c(-c5ccccc5)cc(-c5ccccc5)c5ccc2c3c45)cc1. The molecule has 164 valence electrons. The third-order valence-electron chi connectivity index (χ3n) is 7.11. The zero-order valence-electron chi connectivity index (χ0n) is 19.0. The molecular formula is C34H21Cl. The van der Waals surface area contributed by atoms with Crippen LogP contribution in [0.25, 0.3) is 65.7 Å². The maximum Gasteiger partial charge on any atom is 0.0406 e. The van der Waals surface area contributed by atoms with Gasteiger partial charge in [0.05, 0.1) is 0 Å². The molecule has 0 fully saturated rings. The lowest BCUT2D eigenvalue weighted by Crippen LogP contribution is -1.92. The predicted molar refractivity (Wildman–Crippen MR) is 151 cm³/mol. The second-order valence-corrected chi connectivity index (χ2v) is 9.51. The van der Waals surface area contributed by atoms with Gasteiger partial charge in [-0.3, -0.25) is 0 Å². The van der Waals surface area contributed by atoms with Crippen LogP contribution in [0.4, 0.5) is 0 Å². The molecule has 0 amide bonds. The van der Waals surface area contributed by atoms with Crippen molar-refractivity contribution >= 4 is 43.9 Å². The van der Waals surface area contributed by atoms with Gasteiger partial charge in [-0.1, -0.05) is 121 Å². The van der Waals surface area contributed by atoms with Crippen LogP contribution in [0.1, 0.15) is 0 Å². The molecular weight excluding hydrogens is 444 g/mol. The minimum Gasteiger partial charge on any atom is -0.0843 e. The average Bonchev–Trinajstić information content (AvgIpc) is 2.93. The van der Waals surface area contributed by atoms with Crippen LogP contribution >= 0.6 is 11.6 Å². The molecule has 7 rings (SSSR count). The second kappa shape index (κ2) is 7.98. The van der Waals surface area contributed by atoms with Gasteiger partial charge in [0, 0.05) is 5.02 Å². The van der Waals surface area contributed by atoms with Crippen LogP contribution in [0.5, 0.6) is 0 Å². The Morgan fingerprint density at radius 3 is 1.46 bits per heavy atom. The highest BCUT2D eigenvalue weighted by Crippen LogP contribution is 2.45. The van der Waals surface area contributed by atoms with Crippen molar-refractivity contribution in [1.29, 1.82) is 0 Å². The number of benzene rings is 7. The molecule has 1 heteroatoms. The minimum atomic E-state index is 0.756. The fourth-order valence-corrected chi connectivity index (χ4v) is 5.62. The molecule has 7 aromatic rings. The van der Waals surface area contributed by atoms with E-state index in [2.05, 4.69) is 115 Å². The Balaban J connectivity index is 1.65. The minimum absolute atomic E-state index is 0.756. The van der Waals surface area contributed by atoms with E-state index in [4.69, 9.17) is 11.6 Å². The summed E-state index contributed by atoms with van der Waals surface area (Å²) in [5.41, 5.74) is 7.42. The maximum atomic E-state index is 6.19. The molecule has 0 radical (unpaired) electrons. The highest BCUT2D eigenvalue weighted by atomic mass is 35.5. The summed E-state index contributed by atoms with van der Waals surface area (Å²) in [6, 6.07) is 45.6. The topological polar surface area (TPSA) is 0 Å². The standard InChI is InChI=1S/C34H21Cl/c35-26-15-11-24(12-16-26)27-17-13-25-14-18-29-31(22-7-3-1-4-8-22)21-32(23-9-5-2-6-10-23)30-20-19-28(27)33(25)34(29)30/h1-21H. The van der Waals surface area contributed by atoms with Crippen LogP contribution in [0.15, 0.2) is 127 Å². The number of hydrogen-bond acceptors (Lipinski definition) is 0. The molecule has 0 nitrogen and oxygen atoms in total. The first-order chi connectivity index (χ1) is 17.3. The Morgan fingerprint density at radius 1 is 0.371 bits per heavy atom. The summed E-state index contributed by atoms with van der Waals surface area (Å²) < 4.78 is 0. The monoisotopic (exact) mass is 464 g/mol. The van der Waals surface area contributed by atoms with Crippen LogP contribution in [-0.4, -0.2) is 0 Å². The molecule has 0 aliphatic heterocycles. The van der Waals surface area contributed by atoms with Crippen molar-refractivity contribution in [2.45, 2.75) is 0 Å². The van der Waals surface area contributed by atoms with E-state index < -0.39 is 0 Å². The molecule has 0 N–H and O–H groups in total. The van der Waals surface area contributed by atoms with Gasteiger partial charge in [-0.25, -0.2) is 0 Å². The molecule has 0 aromatic heterocycles. The summed E-state index contributed by atoms with van der Waals surface area (Å²) in [6.45, 7) is 0. The third kappa shape index (κ3) is 3.22. The number of halogens is 1. The van der Waals surface area contributed by atoms with Crippen molar-refractivity contribution in [2.75, 3.05) is 0 Å². The molecule has 0 aliphatic carbocycles. The molecule has 0 unspecified atom stereocenters. The van der Waals surface area contributed by atoms with Crippen molar-refractivity contribution in [2.24, 2.45) is 0 Å². The summed E-state index contributed by atoms with van der Waals surface area (Å²) in [6.07, 6.45) is 0. The first kappa shape index (κ1) is 20.3. The zero-order chi connectivity index (χ0) is 23.4. The summed E-state index contributed by atoms with van der Waals surface area (Å²) in [5, 5.41) is 8.52. The van der Waals surface area contributed by atoms with E-state index in [-0.39, 0.29) is 0 Å². The maximum absolute atomic E-state index is 6.19. The molecule has 0 saturated carbocycles. The van der Waals surface area contributed by atoms with Gasteiger partial charge < -0.3 is 0 Å². The highest BCUT2D eigenvalue weighted by molar-refractivity contribution is 6.31. The van der Waals surface area contributed by atoms with Gasteiger partial charge in [0.25, 0.3) is 0 Å². The van der Waals surface area contributed by atoms with E-state index in [1.165, 1.54) is 65.7 Å². The predicted octanol–water partition coefficient (Wildman–Crippen LogP) is 10.2. The Labute approximate surface area is 209 Å². The molecule has 35 heavy (non-hydrogen) atoms. The summed E-state index contributed by atoms with van der Waals surface area (Å²) in [7, 11) is 0. The van der Waals surface area contributed by atoms with Crippen molar-refractivity contribution in [3.63, 3.8) is 0 Å². The largest absolute Gasteiger partial charge is 0.0843 e.